The van der Waals surface area contributed by atoms with Crippen LogP contribution in [-0.4, -0.2) is 11.8 Å². The fourth-order valence-corrected chi connectivity index (χ4v) is 2.81. The van der Waals surface area contributed by atoms with E-state index in [1.54, 1.807) is 6.07 Å². The van der Waals surface area contributed by atoms with Gasteiger partial charge in [0.25, 0.3) is 11.8 Å². The first kappa shape index (κ1) is 12.7. The lowest BCUT2D eigenvalue weighted by atomic mass is 10.0. The van der Waals surface area contributed by atoms with Crippen molar-refractivity contribution in [3.8, 4) is 0 Å². The van der Waals surface area contributed by atoms with Crippen LogP contribution in [-0.2, 0) is 9.59 Å². The molecule has 1 aliphatic rings. The quantitative estimate of drug-likeness (QED) is 0.508. The maximum absolute atomic E-state index is 14.2. The molecule has 22 heavy (non-hydrogen) atoms. The van der Waals surface area contributed by atoms with E-state index in [1.165, 1.54) is 24.3 Å². The third-order valence-corrected chi connectivity index (χ3v) is 3.86. The van der Waals surface area contributed by atoms with Gasteiger partial charge in [-0.25, -0.2) is 9.29 Å². The molecule has 2 amide bonds. The molecule has 3 aromatic rings. The number of imide groups is 1. The van der Waals surface area contributed by atoms with E-state index >= 15 is 0 Å². The zero-order valence-electron chi connectivity index (χ0n) is 11.4. The van der Waals surface area contributed by atoms with Gasteiger partial charge in [0.2, 0.25) is 0 Å². The van der Waals surface area contributed by atoms with Gasteiger partial charge in [-0.3, -0.25) is 9.59 Å². The average molecular weight is 291 g/mol. The van der Waals surface area contributed by atoms with Gasteiger partial charge in [-0.1, -0.05) is 24.3 Å². The molecular weight excluding hydrogens is 281 g/mol. The topological polar surface area (TPSA) is 37.4 Å². The molecule has 0 spiro atoms. The number of hydrogen-bond donors (Lipinski definition) is 0. The lowest BCUT2D eigenvalue weighted by Gasteiger charge is -2.17. The number of carbonyl (C=O) groups excluding carboxylic acids is 2. The van der Waals surface area contributed by atoms with E-state index in [0.29, 0.717) is 16.5 Å². The third-order valence-electron chi connectivity index (χ3n) is 3.86. The summed E-state index contributed by atoms with van der Waals surface area (Å²) < 4.78 is 14.2. The predicted octanol–water partition coefficient (Wildman–Crippen LogP) is 3.56. The minimum absolute atomic E-state index is 0.378. The molecule has 0 unspecified atom stereocenters. The second kappa shape index (κ2) is 4.49. The van der Waals surface area contributed by atoms with Gasteiger partial charge < -0.3 is 0 Å². The lowest BCUT2D eigenvalue weighted by molar-refractivity contribution is -0.119. The Hall–Kier alpha value is -3.01. The molecule has 0 radical (unpaired) electrons. The van der Waals surface area contributed by atoms with E-state index in [-0.39, 0.29) is 5.82 Å². The zero-order chi connectivity index (χ0) is 15.3. The van der Waals surface area contributed by atoms with E-state index < -0.39 is 11.8 Å². The standard InChI is InChI=1S/C18H10FNO2/c19-15-5-6-16(20-17(21)7-8-18(20)22)14-10-12-4-2-1-3-11(12)9-13(14)15/h1-10H. The lowest BCUT2D eigenvalue weighted by Crippen LogP contribution is -2.29. The van der Waals surface area contributed by atoms with Crippen molar-refractivity contribution in [1.29, 1.82) is 0 Å². The molecule has 0 aliphatic carbocycles. The summed E-state index contributed by atoms with van der Waals surface area (Å²) in [5.41, 5.74) is 0.405. The number of rotatable bonds is 1. The molecule has 0 atom stereocenters. The Kier molecular flexibility index (Phi) is 2.60. The highest BCUT2D eigenvalue weighted by atomic mass is 19.1. The van der Waals surface area contributed by atoms with Gasteiger partial charge in [-0.2, -0.15) is 0 Å². The molecule has 4 heteroatoms. The van der Waals surface area contributed by atoms with Crippen LogP contribution in [0.3, 0.4) is 0 Å². The smallest absolute Gasteiger partial charge is 0.258 e. The van der Waals surface area contributed by atoms with Gasteiger partial charge in [0.15, 0.2) is 0 Å². The van der Waals surface area contributed by atoms with Crippen LogP contribution in [0.2, 0.25) is 0 Å². The highest BCUT2D eigenvalue weighted by molar-refractivity contribution is 6.30. The number of amides is 2. The van der Waals surface area contributed by atoms with Crippen LogP contribution in [0.15, 0.2) is 60.7 Å². The average Bonchev–Trinajstić information content (AvgIpc) is 2.86. The Morgan fingerprint density at radius 1 is 0.773 bits per heavy atom. The normalized spacial score (nSPS) is 14.5. The first-order valence-electron chi connectivity index (χ1n) is 6.82. The molecule has 106 valence electrons. The molecule has 4 rings (SSSR count). The fraction of sp³-hybridized carbons (Fsp3) is 0. The first-order valence-corrected chi connectivity index (χ1v) is 6.82. The van der Waals surface area contributed by atoms with Crippen molar-refractivity contribution < 1.29 is 14.0 Å². The number of hydrogen-bond acceptors (Lipinski definition) is 2. The molecule has 3 nitrogen and oxygen atoms in total. The maximum Gasteiger partial charge on any atom is 0.258 e. The second-order valence-electron chi connectivity index (χ2n) is 5.16. The molecule has 1 aliphatic heterocycles. The highest BCUT2D eigenvalue weighted by Gasteiger charge is 2.27. The van der Waals surface area contributed by atoms with Gasteiger partial charge in [0.05, 0.1) is 5.69 Å². The second-order valence-corrected chi connectivity index (χ2v) is 5.16. The first-order chi connectivity index (χ1) is 10.6. The highest BCUT2D eigenvalue weighted by Crippen LogP contribution is 2.33. The zero-order valence-corrected chi connectivity index (χ0v) is 11.4. The number of anilines is 1. The maximum atomic E-state index is 14.2. The van der Waals surface area contributed by atoms with Gasteiger partial charge >= 0.3 is 0 Å². The third kappa shape index (κ3) is 1.74. The summed E-state index contributed by atoms with van der Waals surface area (Å²) in [6, 6.07) is 13.9. The Bertz CT molecular complexity index is 973. The van der Waals surface area contributed by atoms with Crippen LogP contribution >= 0.6 is 0 Å². The van der Waals surface area contributed by atoms with Crippen LogP contribution in [0.1, 0.15) is 0 Å². The fourth-order valence-electron chi connectivity index (χ4n) is 2.81. The molecule has 0 bridgehead atoms. The molecule has 0 saturated carbocycles. The van der Waals surface area contributed by atoms with E-state index in [9.17, 15) is 14.0 Å². The van der Waals surface area contributed by atoms with Crippen LogP contribution in [0.5, 0.6) is 0 Å². The van der Waals surface area contributed by atoms with E-state index in [2.05, 4.69) is 0 Å². The number of nitrogens with zero attached hydrogens (tertiary/aromatic N) is 1. The minimum atomic E-state index is -0.411. The van der Waals surface area contributed by atoms with Gasteiger partial charge in [-0.05, 0) is 35.0 Å². The van der Waals surface area contributed by atoms with E-state index in [1.807, 2.05) is 30.3 Å². The molecular formula is C18H10FNO2. The molecule has 0 N–H and O–H groups in total. The Labute approximate surface area is 125 Å². The molecule has 1 heterocycles. The molecule has 0 aromatic heterocycles. The number of carbonyl (C=O) groups is 2. The summed E-state index contributed by atoms with van der Waals surface area (Å²) in [6.07, 6.45) is 2.44. The summed E-state index contributed by atoms with van der Waals surface area (Å²) in [4.78, 5) is 24.9. The van der Waals surface area contributed by atoms with Crippen LogP contribution in [0, 0.1) is 5.82 Å². The Morgan fingerprint density at radius 3 is 2.00 bits per heavy atom. The summed E-state index contributed by atoms with van der Waals surface area (Å²) in [7, 11) is 0. The van der Waals surface area contributed by atoms with Crippen molar-refractivity contribution in [2.75, 3.05) is 4.90 Å². The Balaban J connectivity index is 2.07. The molecule has 0 fully saturated rings. The van der Waals surface area contributed by atoms with Crippen molar-refractivity contribution in [2.24, 2.45) is 0 Å². The SMILES string of the molecule is O=C1C=CC(=O)N1c1ccc(F)c2cc3ccccc3cc12. The van der Waals surface area contributed by atoms with Crippen molar-refractivity contribution in [2.45, 2.75) is 0 Å². The minimum Gasteiger partial charge on any atom is -0.269 e. The van der Waals surface area contributed by atoms with Crippen LogP contribution in [0.25, 0.3) is 21.5 Å². The summed E-state index contributed by atoms with van der Waals surface area (Å²) >= 11 is 0. The predicted molar refractivity (Wildman–Crippen MR) is 83.0 cm³/mol. The van der Waals surface area contributed by atoms with Crippen molar-refractivity contribution >= 4 is 39.0 Å². The summed E-state index contributed by atoms with van der Waals surface area (Å²) in [6.45, 7) is 0. The van der Waals surface area contributed by atoms with Crippen LogP contribution < -0.4 is 4.90 Å². The van der Waals surface area contributed by atoms with Crippen molar-refractivity contribution in [1.82, 2.24) is 0 Å². The summed E-state index contributed by atoms with van der Waals surface area (Å²) in [5.74, 6) is -1.20. The number of halogens is 1. The van der Waals surface area contributed by atoms with E-state index in [0.717, 1.165) is 15.7 Å². The largest absolute Gasteiger partial charge is 0.269 e. The molecule has 0 saturated heterocycles. The number of fused-ring (bicyclic) bond motifs is 2. The summed E-state index contributed by atoms with van der Waals surface area (Å²) in [5, 5.41) is 2.77. The van der Waals surface area contributed by atoms with Crippen molar-refractivity contribution in [3.63, 3.8) is 0 Å². The van der Waals surface area contributed by atoms with E-state index in [4.69, 9.17) is 0 Å². The number of benzene rings is 3. The van der Waals surface area contributed by atoms with Crippen molar-refractivity contribution in [3.05, 3.63) is 66.5 Å². The van der Waals surface area contributed by atoms with Gasteiger partial charge in [0.1, 0.15) is 5.82 Å². The van der Waals surface area contributed by atoms with Crippen LogP contribution in [0.4, 0.5) is 10.1 Å². The Morgan fingerprint density at radius 2 is 1.36 bits per heavy atom. The monoisotopic (exact) mass is 291 g/mol. The van der Waals surface area contributed by atoms with Gasteiger partial charge in [-0.15, -0.1) is 0 Å². The van der Waals surface area contributed by atoms with Gasteiger partial charge in [0, 0.05) is 22.9 Å². The molecule has 3 aromatic carbocycles.